The number of aromatic nitrogens is 2. The van der Waals surface area contributed by atoms with Gasteiger partial charge in [0.05, 0.1) is 11.5 Å². The standard InChI is InChI=1S/C21H14N2O2S/c24-21(25)16-11-5-7-13-18(16)26-20-15-10-4-6-12-17(15)22-19(23-20)14-8-2-1-3-9-14/h1-13H,(H,24,25)/p-1. The summed E-state index contributed by atoms with van der Waals surface area (Å²) in [7, 11) is 0. The van der Waals surface area contributed by atoms with Gasteiger partial charge in [0.2, 0.25) is 0 Å². The molecule has 0 aliphatic rings. The maximum atomic E-state index is 11.4. The smallest absolute Gasteiger partial charge is 0.161 e. The third-order valence-electron chi connectivity index (χ3n) is 3.91. The summed E-state index contributed by atoms with van der Waals surface area (Å²) in [5, 5.41) is 13.0. The highest BCUT2D eigenvalue weighted by molar-refractivity contribution is 7.99. The van der Waals surface area contributed by atoms with E-state index in [0.29, 0.717) is 15.7 Å². The van der Waals surface area contributed by atoms with E-state index < -0.39 is 5.97 Å². The minimum absolute atomic E-state index is 0.154. The quantitative estimate of drug-likeness (QED) is 0.520. The Morgan fingerprint density at radius 2 is 1.50 bits per heavy atom. The maximum absolute atomic E-state index is 11.4. The van der Waals surface area contributed by atoms with E-state index in [1.54, 1.807) is 24.3 Å². The first kappa shape index (κ1) is 16.3. The van der Waals surface area contributed by atoms with Crippen LogP contribution < -0.4 is 5.11 Å². The second-order valence-corrected chi connectivity index (χ2v) is 6.65. The highest BCUT2D eigenvalue weighted by Crippen LogP contribution is 2.34. The molecule has 0 aliphatic heterocycles. The van der Waals surface area contributed by atoms with Crippen molar-refractivity contribution in [2.75, 3.05) is 0 Å². The molecule has 0 aliphatic carbocycles. The van der Waals surface area contributed by atoms with Crippen LogP contribution in [0.25, 0.3) is 22.3 Å². The zero-order valence-corrected chi connectivity index (χ0v) is 14.4. The van der Waals surface area contributed by atoms with E-state index in [9.17, 15) is 9.90 Å². The van der Waals surface area contributed by atoms with Crippen LogP contribution in [-0.4, -0.2) is 15.9 Å². The minimum Gasteiger partial charge on any atom is -0.545 e. The van der Waals surface area contributed by atoms with Gasteiger partial charge in [-0.3, -0.25) is 0 Å². The fourth-order valence-electron chi connectivity index (χ4n) is 2.67. The highest BCUT2D eigenvalue weighted by Gasteiger charge is 2.12. The molecule has 4 rings (SSSR count). The average Bonchev–Trinajstić information content (AvgIpc) is 2.69. The Hall–Kier alpha value is -3.18. The number of fused-ring (bicyclic) bond motifs is 1. The minimum atomic E-state index is -1.20. The van der Waals surface area contributed by atoms with E-state index in [-0.39, 0.29) is 5.56 Å². The number of benzene rings is 3. The van der Waals surface area contributed by atoms with Crippen molar-refractivity contribution in [3.8, 4) is 11.4 Å². The van der Waals surface area contributed by atoms with Gasteiger partial charge < -0.3 is 9.90 Å². The number of nitrogens with zero attached hydrogens (tertiary/aromatic N) is 2. The second-order valence-electron chi connectivity index (χ2n) is 5.62. The molecule has 0 saturated carbocycles. The van der Waals surface area contributed by atoms with Gasteiger partial charge in [0.25, 0.3) is 0 Å². The van der Waals surface area contributed by atoms with Crippen molar-refractivity contribution >= 4 is 28.6 Å². The van der Waals surface area contributed by atoms with Gasteiger partial charge in [-0.05, 0) is 12.1 Å². The van der Waals surface area contributed by atoms with Gasteiger partial charge in [-0.2, -0.15) is 0 Å². The van der Waals surface area contributed by atoms with Gasteiger partial charge in [-0.15, -0.1) is 0 Å². The van der Waals surface area contributed by atoms with Crippen molar-refractivity contribution in [2.24, 2.45) is 0 Å². The molecule has 0 atom stereocenters. The molecule has 0 radical (unpaired) electrons. The van der Waals surface area contributed by atoms with Crippen LogP contribution in [0.5, 0.6) is 0 Å². The van der Waals surface area contributed by atoms with Crippen LogP contribution >= 0.6 is 11.8 Å². The lowest BCUT2D eigenvalue weighted by atomic mass is 10.2. The number of para-hydroxylation sites is 1. The largest absolute Gasteiger partial charge is 0.545 e. The Labute approximate surface area is 154 Å². The van der Waals surface area contributed by atoms with Crippen molar-refractivity contribution in [3.05, 3.63) is 84.4 Å². The van der Waals surface area contributed by atoms with Gasteiger partial charge in [0.1, 0.15) is 5.03 Å². The molecule has 0 saturated heterocycles. The summed E-state index contributed by atoms with van der Waals surface area (Å²) in [6, 6.07) is 24.2. The first-order valence-electron chi connectivity index (χ1n) is 8.03. The predicted molar refractivity (Wildman–Crippen MR) is 99.9 cm³/mol. The number of hydrogen-bond donors (Lipinski definition) is 0. The summed E-state index contributed by atoms with van der Waals surface area (Å²) in [6.45, 7) is 0. The fourth-order valence-corrected chi connectivity index (χ4v) is 3.70. The number of carbonyl (C=O) groups is 1. The Morgan fingerprint density at radius 3 is 2.31 bits per heavy atom. The van der Waals surface area contributed by atoms with Gasteiger partial charge in [-0.25, -0.2) is 9.97 Å². The molecule has 1 aromatic heterocycles. The van der Waals surface area contributed by atoms with Gasteiger partial charge in [-0.1, -0.05) is 78.5 Å². The lowest BCUT2D eigenvalue weighted by Crippen LogP contribution is -2.22. The van der Waals surface area contributed by atoms with Crippen LogP contribution in [-0.2, 0) is 0 Å². The van der Waals surface area contributed by atoms with Crippen LogP contribution in [0.1, 0.15) is 10.4 Å². The first-order chi connectivity index (χ1) is 12.7. The Morgan fingerprint density at radius 1 is 0.808 bits per heavy atom. The molecule has 4 nitrogen and oxygen atoms in total. The molecule has 1 heterocycles. The number of carboxylic acids is 1. The van der Waals surface area contributed by atoms with Crippen LogP contribution in [0.4, 0.5) is 0 Å². The number of rotatable bonds is 4. The van der Waals surface area contributed by atoms with E-state index in [1.807, 2.05) is 54.6 Å². The molecular weight excluding hydrogens is 344 g/mol. The second kappa shape index (κ2) is 6.98. The Kier molecular flexibility index (Phi) is 4.37. The number of carboxylic acid groups (broad SMARTS) is 1. The van der Waals surface area contributed by atoms with E-state index in [1.165, 1.54) is 11.8 Å². The molecule has 4 aromatic rings. The fraction of sp³-hybridized carbons (Fsp3) is 0. The normalized spacial score (nSPS) is 10.8. The lowest BCUT2D eigenvalue weighted by Gasteiger charge is -2.12. The molecule has 0 N–H and O–H groups in total. The summed E-state index contributed by atoms with van der Waals surface area (Å²) in [5.41, 5.74) is 1.88. The molecule has 0 spiro atoms. The molecule has 5 heteroatoms. The third kappa shape index (κ3) is 3.17. The lowest BCUT2D eigenvalue weighted by molar-refractivity contribution is -0.255. The van der Waals surface area contributed by atoms with Gasteiger partial charge in [0.15, 0.2) is 5.82 Å². The Bertz CT molecular complexity index is 1100. The number of hydrogen-bond acceptors (Lipinski definition) is 5. The number of carbonyl (C=O) groups excluding carboxylic acids is 1. The SMILES string of the molecule is O=C([O-])c1ccccc1Sc1nc(-c2ccccc2)nc2ccccc12. The molecule has 0 fully saturated rings. The summed E-state index contributed by atoms with van der Waals surface area (Å²) < 4.78 is 0. The summed E-state index contributed by atoms with van der Waals surface area (Å²) in [5.74, 6) is -0.590. The topological polar surface area (TPSA) is 65.9 Å². The molecule has 3 aromatic carbocycles. The van der Waals surface area contributed by atoms with Crippen LogP contribution in [0.2, 0.25) is 0 Å². The Balaban J connectivity index is 1.88. The summed E-state index contributed by atoms with van der Waals surface area (Å²) in [4.78, 5) is 21.4. The van der Waals surface area contributed by atoms with Crippen LogP contribution in [0, 0.1) is 0 Å². The third-order valence-corrected chi connectivity index (χ3v) is 4.99. The van der Waals surface area contributed by atoms with Crippen molar-refractivity contribution in [1.29, 1.82) is 0 Å². The zero-order chi connectivity index (χ0) is 17.9. The van der Waals surface area contributed by atoms with Crippen molar-refractivity contribution in [2.45, 2.75) is 9.92 Å². The van der Waals surface area contributed by atoms with Gasteiger partial charge in [0, 0.05) is 21.4 Å². The molecule has 0 unspecified atom stereocenters. The predicted octanol–water partition coefficient (Wildman–Crippen LogP) is 3.81. The monoisotopic (exact) mass is 357 g/mol. The zero-order valence-electron chi connectivity index (χ0n) is 13.6. The van der Waals surface area contributed by atoms with E-state index in [4.69, 9.17) is 4.98 Å². The highest BCUT2D eigenvalue weighted by atomic mass is 32.2. The molecular formula is C21H13N2O2S-. The van der Waals surface area contributed by atoms with Crippen molar-refractivity contribution in [1.82, 2.24) is 9.97 Å². The van der Waals surface area contributed by atoms with E-state index in [2.05, 4.69) is 4.98 Å². The molecule has 126 valence electrons. The van der Waals surface area contributed by atoms with E-state index >= 15 is 0 Å². The van der Waals surface area contributed by atoms with Crippen molar-refractivity contribution < 1.29 is 9.90 Å². The summed E-state index contributed by atoms with van der Waals surface area (Å²) >= 11 is 1.31. The maximum Gasteiger partial charge on any atom is 0.161 e. The number of aromatic carboxylic acids is 1. The summed E-state index contributed by atoms with van der Waals surface area (Å²) in [6.07, 6.45) is 0. The van der Waals surface area contributed by atoms with E-state index in [0.717, 1.165) is 16.5 Å². The molecule has 0 bridgehead atoms. The van der Waals surface area contributed by atoms with Gasteiger partial charge >= 0.3 is 0 Å². The first-order valence-corrected chi connectivity index (χ1v) is 8.84. The van der Waals surface area contributed by atoms with Crippen LogP contribution in [0.3, 0.4) is 0 Å². The molecule has 26 heavy (non-hydrogen) atoms. The molecule has 0 amide bonds. The van der Waals surface area contributed by atoms with Crippen LogP contribution in [0.15, 0.2) is 88.8 Å². The average molecular weight is 357 g/mol. The van der Waals surface area contributed by atoms with Crippen molar-refractivity contribution in [3.63, 3.8) is 0 Å².